The van der Waals surface area contributed by atoms with Crippen LogP contribution in [0.2, 0.25) is 0 Å². The molecule has 2 N–H and O–H groups in total. The molecule has 1 aromatic carbocycles. The van der Waals surface area contributed by atoms with E-state index in [1.165, 1.54) is 16.6 Å². The highest BCUT2D eigenvalue weighted by Gasteiger charge is 2.13. The second-order valence-electron chi connectivity index (χ2n) is 5.38. The van der Waals surface area contributed by atoms with Gasteiger partial charge < -0.3 is 10.6 Å². The van der Waals surface area contributed by atoms with Gasteiger partial charge in [0.05, 0.1) is 6.26 Å². The van der Waals surface area contributed by atoms with Crippen molar-refractivity contribution in [3.8, 4) is 0 Å². The average Bonchev–Trinajstić information content (AvgIpc) is 2.53. The molecule has 0 aliphatic carbocycles. The van der Waals surface area contributed by atoms with Gasteiger partial charge in [-0.25, -0.2) is 17.1 Å². The van der Waals surface area contributed by atoms with E-state index in [0.29, 0.717) is 50.5 Å². The molecule has 144 valence electrons. The predicted octanol–water partition coefficient (Wildman–Crippen LogP) is 1.82. The summed E-state index contributed by atoms with van der Waals surface area (Å²) in [5.74, 6) is 0.413. The molecule has 0 spiro atoms. The molecule has 1 aromatic rings. The molecule has 0 fully saturated rings. The maximum atomic E-state index is 13.5. The molecule has 0 saturated heterocycles. The van der Waals surface area contributed by atoms with E-state index in [1.807, 2.05) is 13.0 Å². The van der Waals surface area contributed by atoms with Crippen LogP contribution in [-0.2, 0) is 16.4 Å². The Morgan fingerprint density at radius 2 is 1.88 bits per heavy atom. The number of nitrogens with zero attached hydrogens (tertiary/aromatic N) is 2. The number of hydrogen-bond donors (Lipinski definition) is 2. The van der Waals surface area contributed by atoms with Crippen molar-refractivity contribution < 1.29 is 12.8 Å². The molecule has 0 saturated carbocycles. The van der Waals surface area contributed by atoms with Crippen LogP contribution in [-0.4, -0.2) is 58.2 Å². The molecular formula is C16H28FIN4O2S. The third kappa shape index (κ3) is 9.36. The van der Waals surface area contributed by atoms with Gasteiger partial charge in [0, 0.05) is 33.2 Å². The molecule has 0 heterocycles. The first-order valence-electron chi connectivity index (χ1n) is 8.01. The molecule has 0 bridgehead atoms. The van der Waals surface area contributed by atoms with Gasteiger partial charge in [0.15, 0.2) is 5.96 Å². The summed E-state index contributed by atoms with van der Waals surface area (Å²) in [6.45, 7) is 3.91. The van der Waals surface area contributed by atoms with Crippen molar-refractivity contribution in [1.29, 1.82) is 0 Å². The molecule has 1 rings (SSSR count). The summed E-state index contributed by atoms with van der Waals surface area (Å²) >= 11 is 0. The molecule has 0 aliphatic rings. The Morgan fingerprint density at radius 1 is 1.24 bits per heavy atom. The van der Waals surface area contributed by atoms with E-state index in [1.54, 1.807) is 19.2 Å². The number of aliphatic imine (C=N–C) groups is 1. The minimum atomic E-state index is -3.15. The van der Waals surface area contributed by atoms with Crippen molar-refractivity contribution >= 4 is 40.0 Å². The minimum absolute atomic E-state index is 0. The molecule has 0 amide bonds. The van der Waals surface area contributed by atoms with Crippen molar-refractivity contribution in [2.45, 2.75) is 19.8 Å². The van der Waals surface area contributed by atoms with E-state index >= 15 is 0 Å². The Bertz CT molecular complexity index is 641. The smallest absolute Gasteiger partial charge is 0.211 e. The maximum absolute atomic E-state index is 13.5. The first-order valence-corrected chi connectivity index (χ1v) is 9.86. The van der Waals surface area contributed by atoms with Gasteiger partial charge in [0.2, 0.25) is 10.0 Å². The van der Waals surface area contributed by atoms with Gasteiger partial charge in [0.1, 0.15) is 5.82 Å². The number of sulfonamides is 1. The lowest BCUT2D eigenvalue weighted by Crippen LogP contribution is -2.40. The molecular weight excluding hydrogens is 458 g/mol. The number of nitrogens with one attached hydrogen (secondary N) is 2. The van der Waals surface area contributed by atoms with Crippen LogP contribution in [0.5, 0.6) is 0 Å². The Balaban J connectivity index is 0.00000576. The monoisotopic (exact) mass is 486 g/mol. The largest absolute Gasteiger partial charge is 0.356 e. The zero-order chi connectivity index (χ0) is 18.0. The summed E-state index contributed by atoms with van der Waals surface area (Å²) in [6, 6.07) is 6.69. The maximum Gasteiger partial charge on any atom is 0.211 e. The molecule has 0 unspecified atom stereocenters. The quantitative estimate of drug-likeness (QED) is 0.242. The van der Waals surface area contributed by atoms with Crippen LogP contribution in [0.25, 0.3) is 0 Å². The lowest BCUT2D eigenvalue weighted by atomic mass is 10.1. The summed E-state index contributed by atoms with van der Waals surface area (Å²) in [5.41, 5.74) is 0.659. The fraction of sp³-hybridized carbons (Fsp3) is 0.562. The SMILES string of the molecule is CCN(CCCNC(=NC)NCCc1ccccc1F)S(C)(=O)=O.I. The Labute approximate surface area is 167 Å². The van der Waals surface area contributed by atoms with Gasteiger partial charge in [-0.05, 0) is 24.5 Å². The normalized spacial score (nSPS) is 12.0. The molecule has 0 aromatic heterocycles. The van der Waals surface area contributed by atoms with Crippen LogP contribution in [0.4, 0.5) is 4.39 Å². The minimum Gasteiger partial charge on any atom is -0.356 e. The Kier molecular flexibility index (Phi) is 12.0. The van der Waals surface area contributed by atoms with E-state index in [2.05, 4.69) is 15.6 Å². The van der Waals surface area contributed by atoms with Crippen LogP contribution in [0.15, 0.2) is 29.3 Å². The highest BCUT2D eigenvalue weighted by molar-refractivity contribution is 14.0. The van der Waals surface area contributed by atoms with Crippen LogP contribution in [0, 0.1) is 5.82 Å². The topological polar surface area (TPSA) is 73.8 Å². The van der Waals surface area contributed by atoms with E-state index in [4.69, 9.17) is 0 Å². The van der Waals surface area contributed by atoms with Crippen LogP contribution >= 0.6 is 24.0 Å². The van der Waals surface area contributed by atoms with Crippen LogP contribution in [0.1, 0.15) is 18.9 Å². The molecule has 0 aliphatic heterocycles. The number of rotatable bonds is 9. The number of benzene rings is 1. The third-order valence-corrected chi connectivity index (χ3v) is 4.95. The Hall–Kier alpha value is -0.940. The number of halogens is 2. The van der Waals surface area contributed by atoms with Gasteiger partial charge in [0.25, 0.3) is 0 Å². The lowest BCUT2D eigenvalue weighted by molar-refractivity contribution is 0.424. The van der Waals surface area contributed by atoms with E-state index in [-0.39, 0.29) is 29.8 Å². The van der Waals surface area contributed by atoms with Gasteiger partial charge in [-0.3, -0.25) is 4.99 Å². The van der Waals surface area contributed by atoms with Crippen molar-refractivity contribution in [3.63, 3.8) is 0 Å². The second kappa shape index (κ2) is 12.4. The summed E-state index contributed by atoms with van der Waals surface area (Å²) < 4.78 is 37.9. The van der Waals surface area contributed by atoms with E-state index in [9.17, 15) is 12.8 Å². The fourth-order valence-corrected chi connectivity index (χ4v) is 3.19. The summed E-state index contributed by atoms with van der Waals surface area (Å²) in [6.07, 6.45) is 2.45. The van der Waals surface area contributed by atoms with E-state index in [0.717, 1.165) is 0 Å². The highest BCUT2D eigenvalue weighted by Crippen LogP contribution is 2.06. The lowest BCUT2D eigenvalue weighted by Gasteiger charge is -2.18. The predicted molar refractivity (Wildman–Crippen MR) is 112 cm³/mol. The van der Waals surface area contributed by atoms with Crippen LogP contribution < -0.4 is 10.6 Å². The van der Waals surface area contributed by atoms with Gasteiger partial charge in [-0.15, -0.1) is 24.0 Å². The Morgan fingerprint density at radius 3 is 2.44 bits per heavy atom. The summed E-state index contributed by atoms with van der Waals surface area (Å²) in [4.78, 5) is 4.10. The zero-order valence-corrected chi connectivity index (χ0v) is 18.1. The molecule has 25 heavy (non-hydrogen) atoms. The zero-order valence-electron chi connectivity index (χ0n) is 15.0. The standard InChI is InChI=1S/C16H27FN4O2S.HI/c1-4-21(24(3,22)23)13-7-11-19-16(18-2)20-12-10-14-8-5-6-9-15(14)17;/h5-6,8-9H,4,7,10-13H2,1-3H3,(H2,18,19,20);1H. The molecule has 0 atom stereocenters. The third-order valence-electron chi connectivity index (χ3n) is 3.57. The van der Waals surface area contributed by atoms with Crippen molar-refractivity contribution in [3.05, 3.63) is 35.6 Å². The van der Waals surface area contributed by atoms with Gasteiger partial charge in [-0.2, -0.15) is 0 Å². The van der Waals surface area contributed by atoms with Crippen molar-refractivity contribution in [2.75, 3.05) is 39.5 Å². The van der Waals surface area contributed by atoms with Crippen molar-refractivity contribution in [1.82, 2.24) is 14.9 Å². The average molecular weight is 486 g/mol. The summed E-state index contributed by atoms with van der Waals surface area (Å²) in [7, 11) is -1.49. The van der Waals surface area contributed by atoms with Crippen LogP contribution in [0.3, 0.4) is 0 Å². The first kappa shape index (κ1) is 24.1. The van der Waals surface area contributed by atoms with Crippen molar-refractivity contribution in [2.24, 2.45) is 4.99 Å². The fourth-order valence-electron chi connectivity index (χ4n) is 2.26. The molecule has 6 nitrogen and oxygen atoms in total. The first-order chi connectivity index (χ1) is 11.4. The number of hydrogen-bond acceptors (Lipinski definition) is 3. The second-order valence-corrected chi connectivity index (χ2v) is 7.36. The van der Waals surface area contributed by atoms with E-state index < -0.39 is 10.0 Å². The number of guanidine groups is 1. The highest BCUT2D eigenvalue weighted by atomic mass is 127. The van der Waals surface area contributed by atoms with Gasteiger partial charge in [-0.1, -0.05) is 25.1 Å². The van der Waals surface area contributed by atoms with Gasteiger partial charge >= 0.3 is 0 Å². The summed E-state index contributed by atoms with van der Waals surface area (Å²) in [5, 5.41) is 6.24. The molecule has 0 radical (unpaired) electrons. The molecule has 9 heteroatoms.